The highest BCUT2D eigenvalue weighted by Crippen LogP contribution is 2.28. The van der Waals surface area contributed by atoms with Crippen LogP contribution in [0.5, 0.6) is 11.5 Å². The van der Waals surface area contributed by atoms with Gasteiger partial charge in [0.15, 0.2) is 4.80 Å². The molecule has 4 aromatic rings. The molecule has 0 aliphatic heterocycles. The number of benzene rings is 3. The van der Waals surface area contributed by atoms with Crippen LogP contribution in [0.3, 0.4) is 0 Å². The van der Waals surface area contributed by atoms with Crippen LogP contribution in [0.2, 0.25) is 0 Å². The van der Waals surface area contributed by atoms with Crippen LogP contribution in [0.4, 0.5) is 0 Å². The molecule has 6 nitrogen and oxygen atoms in total. The number of aromatic nitrogens is 1. The third-order valence-electron chi connectivity index (χ3n) is 4.89. The summed E-state index contributed by atoms with van der Waals surface area (Å²) >= 11 is 1.50. The third kappa shape index (κ3) is 3.81. The molecule has 0 N–H and O–H groups in total. The standard InChI is InChI=1S/C23H22N2O4S/c1-27-11-10-25-20-9-8-15-6-4-5-7-19(15)21(20)30-23(25)24-22(26)16-12-17(28-2)14-18(13-16)29-3/h4-9,12-14H,10-11H2,1-3H3. The molecule has 1 aromatic heterocycles. The maximum Gasteiger partial charge on any atom is 0.279 e. The molecule has 0 unspecified atom stereocenters. The van der Waals surface area contributed by atoms with E-state index >= 15 is 0 Å². The highest BCUT2D eigenvalue weighted by atomic mass is 32.1. The van der Waals surface area contributed by atoms with Gasteiger partial charge < -0.3 is 18.8 Å². The second-order valence-electron chi connectivity index (χ2n) is 6.68. The van der Waals surface area contributed by atoms with Crippen molar-refractivity contribution in [3.8, 4) is 11.5 Å². The average molecular weight is 423 g/mol. The van der Waals surface area contributed by atoms with E-state index in [1.54, 1.807) is 39.5 Å². The predicted molar refractivity (Wildman–Crippen MR) is 119 cm³/mol. The van der Waals surface area contributed by atoms with E-state index in [0.717, 1.165) is 21.0 Å². The lowest BCUT2D eigenvalue weighted by atomic mass is 10.1. The number of methoxy groups -OCH3 is 3. The summed E-state index contributed by atoms with van der Waals surface area (Å²) in [6, 6.07) is 17.4. The molecule has 154 valence electrons. The Morgan fingerprint density at radius 1 is 1.00 bits per heavy atom. The van der Waals surface area contributed by atoms with Crippen molar-refractivity contribution in [1.29, 1.82) is 0 Å². The minimum Gasteiger partial charge on any atom is -0.497 e. The molecule has 0 bridgehead atoms. The first-order valence-corrected chi connectivity index (χ1v) is 10.3. The minimum atomic E-state index is -0.353. The molecule has 0 saturated heterocycles. The lowest BCUT2D eigenvalue weighted by Crippen LogP contribution is -2.19. The summed E-state index contributed by atoms with van der Waals surface area (Å²) in [6.07, 6.45) is 0. The molecule has 0 spiro atoms. The van der Waals surface area contributed by atoms with Gasteiger partial charge in [0, 0.05) is 30.7 Å². The summed E-state index contributed by atoms with van der Waals surface area (Å²) in [7, 11) is 4.76. The molecule has 1 amide bonds. The number of carbonyl (C=O) groups excluding carboxylic acids is 1. The van der Waals surface area contributed by atoms with Crippen molar-refractivity contribution >= 4 is 38.2 Å². The van der Waals surface area contributed by atoms with Gasteiger partial charge in [0.05, 0.1) is 31.0 Å². The zero-order valence-electron chi connectivity index (χ0n) is 17.0. The van der Waals surface area contributed by atoms with Crippen LogP contribution in [0.1, 0.15) is 10.4 Å². The number of carbonyl (C=O) groups is 1. The van der Waals surface area contributed by atoms with Crippen LogP contribution < -0.4 is 14.3 Å². The lowest BCUT2D eigenvalue weighted by molar-refractivity contribution is 0.0996. The topological polar surface area (TPSA) is 62.1 Å². The number of amides is 1. The van der Waals surface area contributed by atoms with E-state index in [-0.39, 0.29) is 5.91 Å². The second-order valence-corrected chi connectivity index (χ2v) is 7.66. The van der Waals surface area contributed by atoms with Crippen LogP contribution in [0, 0.1) is 0 Å². The molecular formula is C23H22N2O4S. The Kier molecular flexibility index (Phi) is 5.83. The summed E-state index contributed by atoms with van der Waals surface area (Å²) in [4.78, 5) is 18.1. The number of rotatable bonds is 6. The highest BCUT2D eigenvalue weighted by Gasteiger charge is 2.13. The molecule has 1 heterocycles. The Labute approximate surface area is 178 Å². The van der Waals surface area contributed by atoms with Crippen LogP contribution >= 0.6 is 11.3 Å². The van der Waals surface area contributed by atoms with Gasteiger partial charge in [0.2, 0.25) is 0 Å². The third-order valence-corrected chi connectivity index (χ3v) is 6.02. The summed E-state index contributed by atoms with van der Waals surface area (Å²) in [5, 5.41) is 2.30. The van der Waals surface area contributed by atoms with E-state index in [1.165, 1.54) is 11.3 Å². The number of thiazole rings is 1. The summed E-state index contributed by atoms with van der Waals surface area (Å²) in [5.74, 6) is 0.735. The van der Waals surface area contributed by atoms with Crippen LogP contribution in [0.25, 0.3) is 21.0 Å². The first-order chi connectivity index (χ1) is 14.6. The van der Waals surface area contributed by atoms with Crippen molar-refractivity contribution in [2.45, 2.75) is 6.54 Å². The molecular weight excluding hydrogens is 400 g/mol. The van der Waals surface area contributed by atoms with Crippen molar-refractivity contribution in [3.05, 3.63) is 65.0 Å². The van der Waals surface area contributed by atoms with Crippen molar-refractivity contribution in [1.82, 2.24) is 4.57 Å². The molecule has 0 saturated carbocycles. The Balaban J connectivity index is 1.89. The Morgan fingerprint density at radius 2 is 1.73 bits per heavy atom. The molecule has 0 fully saturated rings. The molecule has 0 radical (unpaired) electrons. The van der Waals surface area contributed by atoms with E-state index in [0.29, 0.717) is 35.0 Å². The molecule has 3 aromatic carbocycles. The van der Waals surface area contributed by atoms with Gasteiger partial charge in [-0.05, 0) is 23.6 Å². The number of ether oxygens (including phenoxy) is 3. The number of fused-ring (bicyclic) bond motifs is 3. The van der Waals surface area contributed by atoms with Crippen molar-refractivity contribution in [3.63, 3.8) is 0 Å². The number of nitrogens with zero attached hydrogens (tertiary/aromatic N) is 2. The fourth-order valence-electron chi connectivity index (χ4n) is 3.36. The zero-order chi connectivity index (χ0) is 21.1. The van der Waals surface area contributed by atoms with E-state index in [2.05, 4.69) is 29.3 Å². The van der Waals surface area contributed by atoms with Gasteiger partial charge in [0.1, 0.15) is 11.5 Å². The van der Waals surface area contributed by atoms with Crippen molar-refractivity contribution < 1.29 is 19.0 Å². The molecule has 30 heavy (non-hydrogen) atoms. The fourth-order valence-corrected chi connectivity index (χ4v) is 4.55. The Bertz CT molecular complexity index is 1270. The van der Waals surface area contributed by atoms with Gasteiger partial charge in [-0.2, -0.15) is 4.99 Å². The molecule has 0 aliphatic rings. The summed E-state index contributed by atoms with van der Waals surface area (Å²) < 4.78 is 19.0. The zero-order valence-corrected chi connectivity index (χ0v) is 17.9. The van der Waals surface area contributed by atoms with Crippen molar-refractivity contribution in [2.24, 2.45) is 4.99 Å². The van der Waals surface area contributed by atoms with Crippen LogP contribution in [0.15, 0.2) is 59.6 Å². The molecule has 0 aliphatic carbocycles. The van der Waals surface area contributed by atoms with Crippen molar-refractivity contribution in [2.75, 3.05) is 27.9 Å². The van der Waals surface area contributed by atoms with Gasteiger partial charge in [-0.15, -0.1) is 0 Å². The number of hydrogen-bond acceptors (Lipinski definition) is 5. The first kappa shape index (κ1) is 20.1. The monoisotopic (exact) mass is 422 g/mol. The average Bonchev–Trinajstić information content (AvgIpc) is 3.14. The normalized spacial score (nSPS) is 11.9. The molecule has 0 atom stereocenters. The van der Waals surface area contributed by atoms with Crippen LogP contribution in [-0.2, 0) is 11.3 Å². The van der Waals surface area contributed by atoms with E-state index in [9.17, 15) is 4.79 Å². The Hall–Kier alpha value is -3.16. The molecule has 7 heteroatoms. The fraction of sp³-hybridized carbons (Fsp3) is 0.217. The Morgan fingerprint density at radius 3 is 2.43 bits per heavy atom. The quantitative estimate of drug-likeness (QED) is 0.466. The molecule has 4 rings (SSSR count). The summed E-state index contributed by atoms with van der Waals surface area (Å²) in [6.45, 7) is 1.12. The van der Waals surface area contributed by atoms with E-state index in [1.807, 2.05) is 16.7 Å². The van der Waals surface area contributed by atoms with E-state index in [4.69, 9.17) is 14.2 Å². The van der Waals surface area contributed by atoms with Gasteiger partial charge >= 0.3 is 0 Å². The van der Waals surface area contributed by atoms with Gasteiger partial charge in [-0.3, -0.25) is 4.79 Å². The number of hydrogen-bond donors (Lipinski definition) is 0. The predicted octanol–water partition coefficient (Wildman–Crippen LogP) is 4.26. The maximum absolute atomic E-state index is 13.0. The van der Waals surface area contributed by atoms with Gasteiger partial charge in [-0.25, -0.2) is 0 Å². The second kappa shape index (κ2) is 8.69. The smallest absolute Gasteiger partial charge is 0.279 e. The first-order valence-electron chi connectivity index (χ1n) is 9.46. The minimum absolute atomic E-state index is 0.353. The summed E-state index contributed by atoms with van der Waals surface area (Å²) in [5.41, 5.74) is 1.44. The largest absolute Gasteiger partial charge is 0.497 e. The van der Waals surface area contributed by atoms with Crippen LogP contribution in [-0.4, -0.2) is 38.4 Å². The lowest BCUT2D eigenvalue weighted by Gasteiger charge is -2.07. The highest BCUT2D eigenvalue weighted by molar-refractivity contribution is 7.17. The van der Waals surface area contributed by atoms with Gasteiger partial charge in [-0.1, -0.05) is 41.7 Å². The van der Waals surface area contributed by atoms with E-state index < -0.39 is 0 Å². The maximum atomic E-state index is 13.0. The SMILES string of the molecule is COCCn1c(=NC(=O)c2cc(OC)cc(OC)c2)sc2c3ccccc3ccc21. The van der Waals surface area contributed by atoms with Gasteiger partial charge in [0.25, 0.3) is 5.91 Å².